The molecule has 184 valence electrons. The van der Waals surface area contributed by atoms with Crippen molar-refractivity contribution in [1.29, 1.82) is 10.7 Å². The molecular weight excluding hydrogens is 474 g/mol. The number of rotatable bonds is 8. The second kappa shape index (κ2) is 11.7. The van der Waals surface area contributed by atoms with Crippen LogP contribution in [0.4, 0.5) is 0 Å². The van der Waals surface area contributed by atoms with E-state index >= 15 is 0 Å². The number of allylic oxidation sites excluding steroid dienone is 4. The van der Waals surface area contributed by atoms with Gasteiger partial charge in [-0.1, -0.05) is 96.9 Å². The maximum absolute atomic E-state index is 9.99. The number of nitrogens with one attached hydrogen (secondary N) is 1. The Balaban J connectivity index is 1.97. The third kappa shape index (κ3) is 5.82. The Kier molecular flexibility index (Phi) is 8.23. The fourth-order valence-electron chi connectivity index (χ4n) is 4.63. The number of hydrogen-bond donors (Lipinski definition) is 2. The van der Waals surface area contributed by atoms with Crippen molar-refractivity contribution >= 4 is 40.6 Å². The van der Waals surface area contributed by atoms with Gasteiger partial charge in [0.25, 0.3) is 0 Å². The Morgan fingerprint density at radius 2 is 1.65 bits per heavy atom. The highest BCUT2D eigenvalue weighted by Crippen LogP contribution is 2.46. The second-order valence-electron chi connectivity index (χ2n) is 9.36. The monoisotopic (exact) mass is 503 g/mol. The first-order valence-corrected chi connectivity index (χ1v) is 12.7. The van der Waals surface area contributed by atoms with Crippen molar-refractivity contribution in [2.45, 2.75) is 26.2 Å². The predicted molar refractivity (Wildman–Crippen MR) is 157 cm³/mol. The van der Waals surface area contributed by atoms with Gasteiger partial charge in [0.2, 0.25) is 0 Å². The number of halogens is 1. The van der Waals surface area contributed by atoms with Crippen LogP contribution in [0, 0.1) is 22.7 Å². The van der Waals surface area contributed by atoms with Gasteiger partial charge in [0.1, 0.15) is 0 Å². The molecule has 3 aromatic rings. The third-order valence-corrected chi connectivity index (χ3v) is 7.01. The number of nitrogens with zero attached hydrogens (tertiary/aromatic N) is 1. The van der Waals surface area contributed by atoms with E-state index in [1.165, 1.54) is 24.4 Å². The molecule has 0 heterocycles. The normalized spacial score (nSPS) is 14.6. The Bertz CT molecular complexity index is 1440. The quantitative estimate of drug-likeness (QED) is 0.183. The van der Waals surface area contributed by atoms with Crippen molar-refractivity contribution in [3.05, 3.63) is 130 Å². The molecule has 1 aliphatic carbocycles. The molecule has 3 N–H and O–H groups in total. The fourth-order valence-corrected chi connectivity index (χ4v) is 4.81. The highest BCUT2D eigenvalue weighted by atomic mass is 35.5. The zero-order valence-electron chi connectivity index (χ0n) is 21.0. The molecule has 0 aliphatic heterocycles. The SMILES string of the molecule is C=C(C)/C=C/c1ccc(/C(=C(\c2ccc(Cl)cc2C#N)C2CCC2)c2ccc(/C(C=N)=C/N)cc2)cc1. The minimum absolute atomic E-state index is 0.354. The summed E-state index contributed by atoms with van der Waals surface area (Å²) in [6, 6.07) is 24.6. The number of hydrogen-bond acceptors (Lipinski definition) is 3. The summed E-state index contributed by atoms with van der Waals surface area (Å²) in [5, 5.41) is 18.2. The lowest BCUT2D eigenvalue weighted by Gasteiger charge is -2.32. The van der Waals surface area contributed by atoms with E-state index in [-0.39, 0.29) is 0 Å². The molecule has 3 aromatic carbocycles. The lowest BCUT2D eigenvalue weighted by molar-refractivity contribution is 0.401. The van der Waals surface area contributed by atoms with E-state index in [0.717, 1.165) is 51.8 Å². The van der Waals surface area contributed by atoms with E-state index in [0.29, 0.717) is 22.1 Å². The molecule has 4 heteroatoms. The molecule has 1 fully saturated rings. The maximum atomic E-state index is 9.99. The molecule has 1 aliphatic rings. The smallest absolute Gasteiger partial charge is 0.0998 e. The molecule has 0 radical (unpaired) electrons. The summed E-state index contributed by atoms with van der Waals surface area (Å²) >= 11 is 6.27. The van der Waals surface area contributed by atoms with Gasteiger partial charge in [0.05, 0.1) is 11.6 Å². The summed E-state index contributed by atoms with van der Waals surface area (Å²) in [7, 11) is 0. The molecule has 0 spiro atoms. The van der Waals surface area contributed by atoms with Crippen LogP contribution in [0.1, 0.15) is 59.6 Å². The highest BCUT2D eigenvalue weighted by molar-refractivity contribution is 6.30. The summed E-state index contributed by atoms with van der Waals surface area (Å²) in [5.41, 5.74) is 15.3. The molecule has 37 heavy (non-hydrogen) atoms. The van der Waals surface area contributed by atoms with Crippen molar-refractivity contribution < 1.29 is 0 Å². The van der Waals surface area contributed by atoms with Crippen LogP contribution in [-0.4, -0.2) is 6.21 Å². The maximum Gasteiger partial charge on any atom is 0.0998 e. The first-order chi connectivity index (χ1) is 17.9. The largest absolute Gasteiger partial charge is 0.404 e. The van der Waals surface area contributed by atoms with E-state index in [9.17, 15) is 5.26 Å². The van der Waals surface area contributed by atoms with E-state index in [1.54, 1.807) is 6.07 Å². The molecule has 1 saturated carbocycles. The second-order valence-corrected chi connectivity index (χ2v) is 9.80. The summed E-state index contributed by atoms with van der Waals surface area (Å²) in [5.74, 6) is 0.354. The van der Waals surface area contributed by atoms with Crippen LogP contribution < -0.4 is 5.73 Å². The van der Waals surface area contributed by atoms with E-state index in [2.05, 4.69) is 55.1 Å². The van der Waals surface area contributed by atoms with Gasteiger partial charge in [0.15, 0.2) is 0 Å². The van der Waals surface area contributed by atoms with Crippen molar-refractivity contribution in [1.82, 2.24) is 0 Å². The molecule has 0 atom stereocenters. The van der Waals surface area contributed by atoms with Crippen molar-refractivity contribution in [2.24, 2.45) is 11.7 Å². The van der Waals surface area contributed by atoms with Gasteiger partial charge in [-0.25, -0.2) is 0 Å². The molecule has 0 unspecified atom stereocenters. The van der Waals surface area contributed by atoms with Crippen LogP contribution in [-0.2, 0) is 0 Å². The van der Waals surface area contributed by atoms with Crippen molar-refractivity contribution in [2.75, 3.05) is 0 Å². The minimum Gasteiger partial charge on any atom is -0.404 e. The summed E-state index contributed by atoms with van der Waals surface area (Å²) < 4.78 is 0. The van der Waals surface area contributed by atoms with Gasteiger partial charge in [-0.05, 0) is 76.8 Å². The number of nitriles is 1. The average Bonchev–Trinajstić information content (AvgIpc) is 2.88. The average molecular weight is 504 g/mol. The zero-order chi connectivity index (χ0) is 26.4. The third-order valence-electron chi connectivity index (χ3n) is 6.78. The summed E-state index contributed by atoms with van der Waals surface area (Å²) in [6.07, 6.45) is 10.1. The zero-order valence-corrected chi connectivity index (χ0v) is 21.7. The van der Waals surface area contributed by atoms with Gasteiger partial charge in [0, 0.05) is 23.0 Å². The molecule has 0 bridgehead atoms. The van der Waals surface area contributed by atoms with Crippen LogP contribution >= 0.6 is 11.6 Å². The van der Waals surface area contributed by atoms with Crippen LogP contribution in [0.25, 0.3) is 22.8 Å². The number of nitrogens with two attached hydrogens (primary N) is 1. The Hall–Kier alpha value is -4.13. The van der Waals surface area contributed by atoms with Gasteiger partial charge in [-0.2, -0.15) is 5.26 Å². The first kappa shape index (κ1) is 25.9. The van der Waals surface area contributed by atoms with Crippen LogP contribution in [0.2, 0.25) is 5.02 Å². The topological polar surface area (TPSA) is 73.7 Å². The van der Waals surface area contributed by atoms with E-state index in [4.69, 9.17) is 22.7 Å². The summed E-state index contributed by atoms with van der Waals surface area (Å²) in [4.78, 5) is 0. The predicted octanol–water partition coefficient (Wildman–Crippen LogP) is 8.51. The lowest BCUT2D eigenvalue weighted by Crippen LogP contribution is -2.16. The molecule has 0 aromatic heterocycles. The van der Waals surface area contributed by atoms with Crippen LogP contribution in [0.3, 0.4) is 0 Å². The highest BCUT2D eigenvalue weighted by Gasteiger charge is 2.28. The van der Waals surface area contributed by atoms with Crippen LogP contribution in [0.5, 0.6) is 0 Å². The van der Waals surface area contributed by atoms with Crippen LogP contribution in [0.15, 0.2) is 91.2 Å². The molecule has 0 amide bonds. The molecular formula is C33H30ClN3. The standard InChI is InChI=1S/C33H30ClN3/c1-22(2)6-7-23-8-10-26(11-9-23)32(27-14-12-24(13-15-27)29(20-36)21-37)33(25-4-3-5-25)31-17-16-30(34)18-28(31)19-35/h6-18,20-21,25,36H,1,3-5,37H2,2H3/b7-6+,29-21+,33-32+,36-20?. The van der Waals surface area contributed by atoms with E-state index < -0.39 is 0 Å². The van der Waals surface area contributed by atoms with Gasteiger partial charge in [-0.3, -0.25) is 0 Å². The Morgan fingerprint density at radius 3 is 2.16 bits per heavy atom. The van der Waals surface area contributed by atoms with Crippen molar-refractivity contribution in [3.8, 4) is 6.07 Å². The van der Waals surface area contributed by atoms with Gasteiger partial charge in [-0.15, -0.1) is 0 Å². The fraction of sp³-hybridized carbons (Fsp3) is 0.152. The van der Waals surface area contributed by atoms with E-state index in [1.807, 2.05) is 37.3 Å². The first-order valence-electron chi connectivity index (χ1n) is 12.4. The Morgan fingerprint density at radius 1 is 1.03 bits per heavy atom. The Labute approximate surface area is 224 Å². The minimum atomic E-state index is 0.354. The van der Waals surface area contributed by atoms with Gasteiger partial charge >= 0.3 is 0 Å². The van der Waals surface area contributed by atoms with Gasteiger partial charge < -0.3 is 11.1 Å². The summed E-state index contributed by atoms with van der Waals surface area (Å²) in [6.45, 7) is 5.92. The number of benzene rings is 3. The van der Waals surface area contributed by atoms with Crippen molar-refractivity contribution in [3.63, 3.8) is 0 Å². The molecule has 3 nitrogen and oxygen atoms in total. The lowest BCUT2D eigenvalue weighted by atomic mass is 9.72. The molecule has 0 saturated heterocycles. The molecule has 4 rings (SSSR count).